The first-order chi connectivity index (χ1) is 11.4. The van der Waals surface area contributed by atoms with Gasteiger partial charge in [-0.1, -0.05) is 12.1 Å². The molecule has 0 bridgehead atoms. The largest absolute Gasteiger partial charge is 0.483 e. The second-order valence-corrected chi connectivity index (χ2v) is 6.14. The van der Waals surface area contributed by atoms with Crippen LogP contribution in [0.2, 0.25) is 0 Å². The molecule has 6 heteroatoms. The zero-order chi connectivity index (χ0) is 17.7. The zero-order valence-electron chi connectivity index (χ0n) is 14.9. The van der Waals surface area contributed by atoms with Crippen molar-refractivity contribution in [1.82, 2.24) is 9.80 Å². The van der Waals surface area contributed by atoms with Gasteiger partial charge >= 0.3 is 0 Å². The number of carbonyl (C=O) groups is 2. The molecule has 1 saturated heterocycles. The monoisotopic (exact) mass is 334 g/mol. The van der Waals surface area contributed by atoms with Crippen LogP contribution in [0.15, 0.2) is 12.1 Å². The van der Waals surface area contributed by atoms with Crippen LogP contribution in [0.3, 0.4) is 0 Å². The van der Waals surface area contributed by atoms with Crippen LogP contribution in [-0.2, 0) is 14.3 Å². The topological polar surface area (TPSA) is 59.1 Å². The van der Waals surface area contributed by atoms with Crippen molar-refractivity contribution in [1.29, 1.82) is 0 Å². The fraction of sp³-hybridized carbons (Fsp3) is 0.556. The van der Waals surface area contributed by atoms with Crippen molar-refractivity contribution in [2.24, 2.45) is 0 Å². The summed E-state index contributed by atoms with van der Waals surface area (Å²) in [5.41, 5.74) is 3.24. The number of benzene rings is 1. The molecule has 1 aliphatic heterocycles. The summed E-state index contributed by atoms with van der Waals surface area (Å²) in [5, 5.41) is 0. The van der Waals surface area contributed by atoms with E-state index < -0.39 is 0 Å². The van der Waals surface area contributed by atoms with E-state index in [9.17, 15) is 9.59 Å². The van der Waals surface area contributed by atoms with Crippen LogP contribution in [0, 0.1) is 20.8 Å². The normalized spacial score (nSPS) is 14.7. The second kappa shape index (κ2) is 8.15. The van der Waals surface area contributed by atoms with E-state index in [1.54, 1.807) is 9.80 Å². The Bertz CT molecular complexity index is 607. The van der Waals surface area contributed by atoms with Gasteiger partial charge in [0, 0.05) is 33.3 Å². The van der Waals surface area contributed by atoms with Gasteiger partial charge in [0.05, 0.1) is 0 Å². The van der Waals surface area contributed by atoms with Crippen molar-refractivity contribution >= 4 is 11.8 Å². The smallest absolute Gasteiger partial charge is 0.260 e. The van der Waals surface area contributed by atoms with Gasteiger partial charge in [-0.2, -0.15) is 0 Å². The highest BCUT2D eigenvalue weighted by atomic mass is 16.5. The highest BCUT2D eigenvalue weighted by molar-refractivity contribution is 5.80. The summed E-state index contributed by atoms with van der Waals surface area (Å²) in [7, 11) is 1.50. The molecule has 0 unspecified atom stereocenters. The Kier molecular flexibility index (Phi) is 6.20. The molecule has 1 aliphatic rings. The van der Waals surface area contributed by atoms with Gasteiger partial charge in [-0.25, -0.2) is 0 Å². The van der Waals surface area contributed by atoms with Crippen LogP contribution in [0.4, 0.5) is 0 Å². The minimum absolute atomic E-state index is 0.0250. The van der Waals surface area contributed by atoms with E-state index in [2.05, 4.69) is 6.07 Å². The maximum absolute atomic E-state index is 12.4. The number of hydrogen-bond acceptors (Lipinski definition) is 4. The summed E-state index contributed by atoms with van der Waals surface area (Å²) in [4.78, 5) is 27.6. The molecule has 1 fully saturated rings. The second-order valence-electron chi connectivity index (χ2n) is 6.14. The van der Waals surface area contributed by atoms with Gasteiger partial charge in [0.2, 0.25) is 5.91 Å². The predicted molar refractivity (Wildman–Crippen MR) is 91.2 cm³/mol. The summed E-state index contributed by atoms with van der Waals surface area (Å²) in [5.74, 6) is 0.707. The van der Waals surface area contributed by atoms with Crippen LogP contribution in [0.25, 0.3) is 0 Å². The van der Waals surface area contributed by atoms with E-state index in [0.29, 0.717) is 26.2 Å². The molecule has 2 rings (SSSR count). The molecule has 0 aromatic heterocycles. The van der Waals surface area contributed by atoms with Crippen molar-refractivity contribution in [3.63, 3.8) is 0 Å². The summed E-state index contributed by atoms with van der Waals surface area (Å²) in [6.07, 6.45) is 0. The standard InChI is InChI=1S/C18H26N2O4/c1-13-5-6-14(2)18(15(13)3)24-12-17(22)20-9-7-19(8-10-20)16(21)11-23-4/h5-6H,7-12H2,1-4H3. The molecule has 0 N–H and O–H groups in total. The third kappa shape index (κ3) is 4.26. The number of hydrogen-bond donors (Lipinski definition) is 0. The Morgan fingerprint density at radius 2 is 1.42 bits per heavy atom. The lowest BCUT2D eigenvalue weighted by Crippen LogP contribution is -2.52. The van der Waals surface area contributed by atoms with Gasteiger partial charge < -0.3 is 19.3 Å². The molecular weight excluding hydrogens is 308 g/mol. The van der Waals surface area contributed by atoms with E-state index in [4.69, 9.17) is 9.47 Å². The summed E-state index contributed by atoms with van der Waals surface area (Å²) >= 11 is 0. The van der Waals surface area contributed by atoms with Gasteiger partial charge in [-0.15, -0.1) is 0 Å². The highest BCUT2D eigenvalue weighted by Crippen LogP contribution is 2.25. The van der Waals surface area contributed by atoms with Gasteiger partial charge in [0.15, 0.2) is 6.61 Å². The molecule has 0 aliphatic carbocycles. The van der Waals surface area contributed by atoms with Gasteiger partial charge in [-0.3, -0.25) is 9.59 Å². The third-order valence-corrected chi connectivity index (χ3v) is 4.47. The van der Waals surface area contributed by atoms with E-state index in [1.807, 2.05) is 26.8 Å². The molecule has 0 atom stereocenters. The molecule has 6 nitrogen and oxygen atoms in total. The Morgan fingerprint density at radius 3 is 1.96 bits per heavy atom. The first-order valence-corrected chi connectivity index (χ1v) is 8.18. The summed E-state index contributed by atoms with van der Waals surface area (Å²) in [6.45, 7) is 8.26. The number of amides is 2. The molecule has 0 saturated carbocycles. The van der Waals surface area contributed by atoms with Gasteiger partial charge in [0.25, 0.3) is 5.91 Å². The summed E-state index contributed by atoms with van der Waals surface area (Å²) < 4.78 is 10.6. The minimum Gasteiger partial charge on any atom is -0.483 e. The number of methoxy groups -OCH3 is 1. The average Bonchev–Trinajstić information content (AvgIpc) is 2.58. The Hall–Kier alpha value is -2.08. The quantitative estimate of drug-likeness (QED) is 0.815. The van der Waals surface area contributed by atoms with Gasteiger partial charge in [-0.05, 0) is 37.5 Å². The van der Waals surface area contributed by atoms with Crippen LogP contribution < -0.4 is 4.74 Å². The third-order valence-electron chi connectivity index (χ3n) is 4.47. The number of carbonyl (C=O) groups excluding carboxylic acids is 2. The number of ether oxygens (including phenoxy) is 2. The molecule has 1 aromatic carbocycles. The van der Waals surface area contributed by atoms with Gasteiger partial charge in [0.1, 0.15) is 12.4 Å². The Labute approximate surface area is 143 Å². The van der Waals surface area contributed by atoms with Crippen molar-refractivity contribution in [3.8, 4) is 5.75 Å². The van der Waals surface area contributed by atoms with Crippen molar-refractivity contribution in [3.05, 3.63) is 28.8 Å². The Balaban J connectivity index is 1.87. The SMILES string of the molecule is COCC(=O)N1CCN(C(=O)COc2c(C)ccc(C)c2C)CC1. The number of piperazine rings is 1. The molecule has 24 heavy (non-hydrogen) atoms. The molecule has 0 radical (unpaired) electrons. The zero-order valence-corrected chi connectivity index (χ0v) is 14.9. The fourth-order valence-electron chi connectivity index (χ4n) is 2.79. The number of rotatable bonds is 5. The number of nitrogens with zero attached hydrogens (tertiary/aromatic N) is 2. The van der Waals surface area contributed by atoms with E-state index in [1.165, 1.54) is 7.11 Å². The first kappa shape index (κ1) is 18.3. The molecule has 0 spiro atoms. The molecule has 1 aromatic rings. The maximum atomic E-state index is 12.4. The molecule has 132 valence electrons. The maximum Gasteiger partial charge on any atom is 0.260 e. The molecule has 1 heterocycles. The predicted octanol–water partition coefficient (Wildman–Crippen LogP) is 1.31. The lowest BCUT2D eigenvalue weighted by molar-refractivity contribution is -0.142. The van der Waals surface area contributed by atoms with E-state index in [-0.39, 0.29) is 25.0 Å². The lowest BCUT2D eigenvalue weighted by Gasteiger charge is -2.34. The van der Waals surface area contributed by atoms with E-state index in [0.717, 1.165) is 22.4 Å². The summed E-state index contributed by atoms with van der Waals surface area (Å²) in [6, 6.07) is 4.05. The molecular formula is C18H26N2O4. The first-order valence-electron chi connectivity index (χ1n) is 8.18. The average molecular weight is 334 g/mol. The molecule has 2 amide bonds. The van der Waals surface area contributed by atoms with Crippen molar-refractivity contribution in [2.75, 3.05) is 46.5 Å². The van der Waals surface area contributed by atoms with Crippen LogP contribution in [-0.4, -0.2) is 68.1 Å². The Morgan fingerprint density at radius 1 is 0.917 bits per heavy atom. The van der Waals surface area contributed by atoms with E-state index >= 15 is 0 Å². The fourth-order valence-corrected chi connectivity index (χ4v) is 2.79. The number of aryl methyl sites for hydroxylation is 2. The van der Waals surface area contributed by atoms with Crippen LogP contribution in [0.5, 0.6) is 5.75 Å². The lowest BCUT2D eigenvalue weighted by atomic mass is 10.1. The van der Waals surface area contributed by atoms with Crippen molar-refractivity contribution in [2.45, 2.75) is 20.8 Å². The van der Waals surface area contributed by atoms with Crippen LogP contribution >= 0.6 is 0 Å². The minimum atomic E-state index is -0.0471. The highest BCUT2D eigenvalue weighted by Gasteiger charge is 2.24. The van der Waals surface area contributed by atoms with Crippen LogP contribution in [0.1, 0.15) is 16.7 Å². The van der Waals surface area contributed by atoms with Crippen molar-refractivity contribution < 1.29 is 19.1 Å².